The molecule has 216 valence electrons. The fourth-order valence-electron chi connectivity index (χ4n) is 7.10. The van der Waals surface area contributed by atoms with E-state index in [0.29, 0.717) is 0 Å². The monoisotopic (exact) mass is 606 g/mol. The number of rotatable bonds is 4. The molecule has 46 heavy (non-hydrogen) atoms. The predicted molar refractivity (Wildman–Crippen MR) is 194 cm³/mol. The summed E-state index contributed by atoms with van der Waals surface area (Å²) >= 11 is 1.85. The van der Waals surface area contributed by atoms with Gasteiger partial charge in [-0.25, -0.2) is 0 Å². The van der Waals surface area contributed by atoms with Crippen LogP contribution in [0.5, 0.6) is 11.5 Å². The van der Waals surface area contributed by atoms with E-state index in [-0.39, 0.29) is 0 Å². The molecule has 0 fully saturated rings. The number of fused-ring (bicyclic) bond motifs is 8. The van der Waals surface area contributed by atoms with Gasteiger partial charge in [-0.1, -0.05) is 91.0 Å². The van der Waals surface area contributed by atoms with Crippen molar-refractivity contribution in [3.63, 3.8) is 0 Å². The van der Waals surface area contributed by atoms with Crippen molar-refractivity contribution >= 4 is 70.4 Å². The first-order chi connectivity index (χ1) is 22.8. The summed E-state index contributed by atoms with van der Waals surface area (Å²) in [5, 5.41) is 4.94. The van der Waals surface area contributed by atoms with Gasteiger partial charge in [-0.2, -0.15) is 0 Å². The molecule has 0 radical (unpaired) electrons. The van der Waals surface area contributed by atoms with Gasteiger partial charge < -0.3 is 14.2 Å². The van der Waals surface area contributed by atoms with Crippen LogP contribution in [0.25, 0.3) is 58.8 Å². The van der Waals surface area contributed by atoms with Gasteiger partial charge in [0, 0.05) is 42.3 Å². The molecule has 10 rings (SSSR count). The molecule has 0 saturated carbocycles. The van der Waals surface area contributed by atoms with E-state index in [4.69, 9.17) is 4.74 Å². The zero-order chi connectivity index (χ0) is 30.2. The van der Waals surface area contributed by atoms with Gasteiger partial charge in [-0.3, -0.25) is 0 Å². The second-order valence-corrected chi connectivity index (χ2v) is 12.8. The maximum absolute atomic E-state index is 6.87. The number of hydrogen-bond donors (Lipinski definition) is 0. The van der Waals surface area contributed by atoms with E-state index in [1.165, 1.54) is 47.6 Å². The Bertz CT molecular complexity index is 2620. The van der Waals surface area contributed by atoms with Crippen LogP contribution in [-0.2, 0) is 0 Å². The van der Waals surface area contributed by atoms with Crippen molar-refractivity contribution in [2.75, 3.05) is 4.90 Å². The second kappa shape index (κ2) is 9.83. The first kappa shape index (κ1) is 25.5. The molecule has 0 amide bonds. The van der Waals surface area contributed by atoms with Crippen molar-refractivity contribution in [2.24, 2.45) is 0 Å². The van der Waals surface area contributed by atoms with E-state index in [1.807, 2.05) is 17.4 Å². The van der Waals surface area contributed by atoms with Crippen LogP contribution in [0, 0.1) is 0 Å². The summed E-state index contributed by atoms with van der Waals surface area (Å²) in [5.74, 6) is 1.71. The van der Waals surface area contributed by atoms with Crippen LogP contribution in [0.4, 0.5) is 17.1 Å². The highest BCUT2D eigenvalue weighted by Crippen LogP contribution is 2.52. The van der Waals surface area contributed by atoms with E-state index in [0.717, 1.165) is 39.8 Å². The summed E-state index contributed by atoms with van der Waals surface area (Å²) in [5.41, 5.74) is 8.98. The number of para-hydroxylation sites is 4. The Morgan fingerprint density at radius 2 is 1.26 bits per heavy atom. The molecular weight excluding hydrogens is 581 g/mol. The molecule has 3 heterocycles. The zero-order valence-electron chi connectivity index (χ0n) is 24.7. The van der Waals surface area contributed by atoms with Crippen molar-refractivity contribution in [3.8, 4) is 28.3 Å². The molecule has 1 aliphatic rings. The number of nitrogens with zero attached hydrogens (tertiary/aromatic N) is 2. The average Bonchev–Trinajstić information content (AvgIpc) is 3.66. The van der Waals surface area contributed by atoms with Crippen molar-refractivity contribution < 1.29 is 4.74 Å². The highest BCUT2D eigenvalue weighted by Gasteiger charge is 2.29. The molecule has 7 aromatic carbocycles. The lowest BCUT2D eigenvalue weighted by atomic mass is 10.0. The van der Waals surface area contributed by atoms with Gasteiger partial charge in [0.15, 0.2) is 11.5 Å². The second-order valence-electron chi connectivity index (χ2n) is 11.8. The summed E-state index contributed by atoms with van der Waals surface area (Å²) in [7, 11) is 0. The standard InChI is InChI=1S/C42H26N2OS/c1-3-11-27(12-4-1)28-19-21-32-34-26-30(20-24-39(34)46-40(32)25-28)43(29-13-5-2-6-14-29)37-23-22-33-31-15-7-8-16-35(31)44-36-17-9-10-18-38(36)45-42(37)41(33)44/h1-26H. The Labute approximate surface area is 269 Å². The molecule has 1 aliphatic heterocycles. The minimum Gasteiger partial charge on any atom is -0.451 e. The number of anilines is 3. The molecule has 2 aromatic heterocycles. The Hall–Kier alpha value is -5.84. The van der Waals surface area contributed by atoms with E-state index in [1.54, 1.807) is 0 Å². The summed E-state index contributed by atoms with van der Waals surface area (Å²) < 4.78 is 11.8. The molecule has 9 aromatic rings. The van der Waals surface area contributed by atoms with Crippen LogP contribution in [-0.4, -0.2) is 4.57 Å². The molecular formula is C42H26N2OS. The van der Waals surface area contributed by atoms with Crippen LogP contribution < -0.4 is 9.64 Å². The van der Waals surface area contributed by atoms with E-state index < -0.39 is 0 Å². The molecule has 0 saturated heterocycles. The van der Waals surface area contributed by atoms with Gasteiger partial charge in [0.1, 0.15) is 0 Å². The smallest absolute Gasteiger partial charge is 0.176 e. The van der Waals surface area contributed by atoms with Crippen LogP contribution in [0.15, 0.2) is 158 Å². The third kappa shape index (κ3) is 3.71. The quantitative estimate of drug-likeness (QED) is 0.198. The minimum atomic E-state index is 0.853. The normalized spacial score (nSPS) is 12.1. The summed E-state index contributed by atoms with van der Waals surface area (Å²) in [4.78, 5) is 2.34. The highest BCUT2D eigenvalue weighted by molar-refractivity contribution is 7.25. The van der Waals surface area contributed by atoms with Crippen molar-refractivity contribution in [1.29, 1.82) is 0 Å². The van der Waals surface area contributed by atoms with Crippen LogP contribution >= 0.6 is 11.3 Å². The van der Waals surface area contributed by atoms with Crippen molar-refractivity contribution in [1.82, 2.24) is 4.57 Å². The van der Waals surface area contributed by atoms with Gasteiger partial charge in [0.05, 0.1) is 22.4 Å². The topological polar surface area (TPSA) is 17.4 Å². The number of aromatic nitrogens is 1. The third-order valence-electron chi connectivity index (χ3n) is 9.16. The number of ether oxygens (including phenoxy) is 1. The maximum Gasteiger partial charge on any atom is 0.176 e. The zero-order valence-corrected chi connectivity index (χ0v) is 25.5. The number of thiophene rings is 1. The fraction of sp³-hybridized carbons (Fsp3) is 0. The molecule has 0 spiro atoms. The molecule has 0 aliphatic carbocycles. The SMILES string of the molecule is c1ccc(-c2ccc3c(c2)sc2ccc(N(c4ccccc4)c4ccc5c6ccccc6n6c5c4Oc4ccccc4-6)cc23)cc1. The summed E-state index contributed by atoms with van der Waals surface area (Å²) in [6, 6.07) is 56.4. The van der Waals surface area contributed by atoms with Gasteiger partial charge in [0.25, 0.3) is 0 Å². The average molecular weight is 607 g/mol. The molecule has 0 N–H and O–H groups in total. The number of hydrogen-bond acceptors (Lipinski definition) is 3. The lowest BCUT2D eigenvalue weighted by Gasteiger charge is -2.30. The van der Waals surface area contributed by atoms with Gasteiger partial charge >= 0.3 is 0 Å². The molecule has 4 heteroatoms. The fourth-order valence-corrected chi connectivity index (χ4v) is 8.23. The Morgan fingerprint density at radius 1 is 0.500 bits per heavy atom. The minimum absolute atomic E-state index is 0.853. The van der Waals surface area contributed by atoms with Crippen molar-refractivity contribution in [2.45, 2.75) is 0 Å². The molecule has 0 bridgehead atoms. The first-order valence-electron chi connectivity index (χ1n) is 15.5. The van der Waals surface area contributed by atoms with Crippen LogP contribution in [0.2, 0.25) is 0 Å². The van der Waals surface area contributed by atoms with E-state index in [9.17, 15) is 0 Å². The third-order valence-corrected chi connectivity index (χ3v) is 10.3. The Balaban J connectivity index is 1.21. The summed E-state index contributed by atoms with van der Waals surface area (Å²) in [6.45, 7) is 0. The molecule has 0 atom stereocenters. The maximum atomic E-state index is 6.87. The predicted octanol–water partition coefficient (Wildman–Crippen LogP) is 12.4. The first-order valence-corrected chi connectivity index (χ1v) is 16.3. The van der Waals surface area contributed by atoms with Gasteiger partial charge in [0.2, 0.25) is 0 Å². The lowest BCUT2D eigenvalue weighted by Crippen LogP contribution is -2.13. The summed E-state index contributed by atoms with van der Waals surface area (Å²) in [6.07, 6.45) is 0. The molecule has 3 nitrogen and oxygen atoms in total. The molecule has 0 unspecified atom stereocenters. The van der Waals surface area contributed by atoms with E-state index >= 15 is 0 Å². The highest BCUT2D eigenvalue weighted by atomic mass is 32.1. The Kier molecular flexibility index (Phi) is 5.45. The van der Waals surface area contributed by atoms with E-state index in [2.05, 4.69) is 161 Å². The van der Waals surface area contributed by atoms with Crippen LogP contribution in [0.1, 0.15) is 0 Å². The largest absolute Gasteiger partial charge is 0.451 e. The van der Waals surface area contributed by atoms with Crippen LogP contribution in [0.3, 0.4) is 0 Å². The number of benzene rings is 7. The Morgan fingerprint density at radius 3 is 2.15 bits per heavy atom. The van der Waals surface area contributed by atoms with Gasteiger partial charge in [-0.15, -0.1) is 11.3 Å². The van der Waals surface area contributed by atoms with Gasteiger partial charge in [-0.05, 0) is 77.9 Å². The van der Waals surface area contributed by atoms with Crippen molar-refractivity contribution in [3.05, 3.63) is 158 Å². The lowest BCUT2D eigenvalue weighted by molar-refractivity contribution is 0.477.